The van der Waals surface area contributed by atoms with Gasteiger partial charge in [-0.1, -0.05) is 6.07 Å². The van der Waals surface area contributed by atoms with Crippen molar-refractivity contribution in [3.63, 3.8) is 0 Å². The lowest BCUT2D eigenvalue weighted by Gasteiger charge is -2.44. The minimum atomic E-state index is -0.659. The van der Waals surface area contributed by atoms with Crippen molar-refractivity contribution in [1.29, 1.82) is 0 Å². The zero-order valence-electron chi connectivity index (χ0n) is 15.2. The van der Waals surface area contributed by atoms with Crippen molar-refractivity contribution in [3.8, 4) is 11.4 Å². The van der Waals surface area contributed by atoms with E-state index in [4.69, 9.17) is 0 Å². The highest BCUT2D eigenvalue weighted by Crippen LogP contribution is 2.42. The van der Waals surface area contributed by atoms with Crippen LogP contribution in [0.3, 0.4) is 0 Å². The lowest BCUT2D eigenvalue weighted by molar-refractivity contribution is -0.146. The maximum Gasteiger partial charge on any atom is 0.272 e. The zero-order chi connectivity index (χ0) is 18.4. The van der Waals surface area contributed by atoms with Gasteiger partial charge in [0.15, 0.2) is 0 Å². The fourth-order valence-corrected chi connectivity index (χ4v) is 4.63. The summed E-state index contributed by atoms with van der Waals surface area (Å²) in [5, 5.41) is 7.11. The predicted molar refractivity (Wildman–Crippen MR) is 98.8 cm³/mol. The minimum Gasteiger partial charge on any atom is -0.338 e. The maximum atomic E-state index is 13.3. The molecule has 0 aromatic carbocycles. The van der Waals surface area contributed by atoms with Gasteiger partial charge in [0.2, 0.25) is 5.91 Å². The molecule has 3 fully saturated rings. The molecule has 2 saturated heterocycles. The second-order valence-electron chi connectivity index (χ2n) is 7.81. The van der Waals surface area contributed by atoms with E-state index in [0.29, 0.717) is 24.0 Å². The number of amides is 2. The fourth-order valence-electron chi connectivity index (χ4n) is 4.63. The number of H-pyrrole nitrogens is 1. The monoisotopic (exact) mass is 365 g/mol. The number of carbonyl (C=O) groups excluding carboxylic acids is 2. The number of aromatic nitrogens is 3. The Kier molecular flexibility index (Phi) is 3.77. The van der Waals surface area contributed by atoms with E-state index in [1.807, 2.05) is 23.1 Å². The van der Waals surface area contributed by atoms with Gasteiger partial charge in [-0.15, -0.1) is 0 Å². The average Bonchev–Trinajstić information content (AvgIpc) is 3.27. The first-order valence-electron chi connectivity index (χ1n) is 9.79. The molecule has 2 amide bonds. The SMILES string of the molecule is O=C(c1cc(-c2ccccn2)n[nH]1)N1CCCC12CCCN(C1CC1)C2=O. The number of nitrogens with zero attached hydrogens (tertiary/aromatic N) is 4. The van der Waals surface area contributed by atoms with Gasteiger partial charge in [0.1, 0.15) is 16.9 Å². The number of aromatic amines is 1. The lowest BCUT2D eigenvalue weighted by atomic mass is 9.85. The molecule has 1 saturated carbocycles. The highest BCUT2D eigenvalue weighted by Gasteiger charge is 2.55. The fraction of sp³-hybridized carbons (Fsp3) is 0.500. The van der Waals surface area contributed by atoms with Crippen LogP contribution in [0.1, 0.15) is 49.0 Å². The first kappa shape index (κ1) is 16.5. The lowest BCUT2D eigenvalue weighted by Crippen LogP contribution is -2.61. The molecule has 0 radical (unpaired) electrons. The molecule has 1 spiro atoms. The third kappa shape index (κ3) is 2.64. The summed E-state index contributed by atoms with van der Waals surface area (Å²) < 4.78 is 0. The molecule has 7 heteroatoms. The Morgan fingerprint density at radius 3 is 2.70 bits per heavy atom. The summed E-state index contributed by atoms with van der Waals surface area (Å²) in [5.74, 6) is 0.0275. The number of hydrogen-bond donors (Lipinski definition) is 1. The van der Waals surface area contributed by atoms with Gasteiger partial charge in [-0.2, -0.15) is 5.10 Å². The van der Waals surface area contributed by atoms with Crippen LogP contribution in [0.5, 0.6) is 0 Å². The molecule has 5 rings (SSSR count). The van der Waals surface area contributed by atoms with Gasteiger partial charge in [0, 0.05) is 25.3 Å². The molecule has 2 aromatic rings. The van der Waals surface area contributed by atoms with Gasteiger partial charge >= 0.3 is 0 Å². The van der Waals surface area contributed by atoms with Crippen LogP contribution in [0, 0.1) is 0 Å². The molecule has 1 N–H and O–H groups in total. The van der Waals surface area contributed by atoms with E-state index in [-0.39, 0.29) is 11.8 Å². The number of likely N-dealkylation sites (tertiary alicyclic amines) is 2. The molecular formula is C20H23N5O2. The molecule has 1 aliphatic carbocycles. The number of hydrogen-bond acceptors (Lipinski definition) is 4. The number of carbonyl (C=O) groups is 2. The van der Waals surface area contributed by atoms with E-state index in [9.17, 15) is 9.59 Å². The van der Waals surface area contributed by atoms with Gasteiger partial charge in [0.25, 0.3) is 5.91 Å². The number of rotatable bonds is 3. The van der Waals surface area contributed by atoms with Crippen LogP contribution in [0.4, 0.5) is 0 Å². The second-order valence-corrected chi connectivity index (χ2v) is 7.81. The van der Waals surface area contributed by atoms with Crippen molar-refractivity contribution < 1.29 is 9.59 Å². The topological polar surface area (TPSA) is 82.2 Å². The summed E-state index contributed by atoms with van der Waals surface area (Å²) in [6.07, 6.45) is 7.27. The Balaban J connectivity index is 1.42. The van der Waals surface area contributed by atoms with E-state index < -0.39 is 5.54 Å². The largest absolute Gasteiger partial charge is 0.338 e. The van der Waals surface area contributed by atoms with Crippen LogP contribution in [0.15, 0.2) is 30.5 Å². The Hall–Kier alpha value is -2.70. The number of nitrogens with one attached hydrogen (secondary N) is 1. The van der Waals surface area contributed by atoms with E-state index >= 15 is 0 Å². The van der Waals surface area contributed by atoms with Crippen molar-refractivity contribution in [2.45, 2.75) is 50.1 Å². The molecule has 140 valence electrons. The molecule has 4 heterocycles. The van der Waals surface area contributed by atoms with Crippen molar-refractivity contribution in [2.24, 2.45) is 0 Å². The predicted octanol–water partition coefficient (Wildman–Crippen LogP) is 2.23. The molecule has 3 aliphatic rings. The van der Waals surface area contributed by atoms with Crippen molar-refractivity contribution >= 4 is 11.8 Å². The Bertz CT molecular complexity index is 876. The summed E-state index contributed by atoms with van der Waals surface area (Å²) in [7, 11) is 0. The van der Waals surface area contributed by atoms with Gasteiger partial charge in [-0.3, -0.25) is 19.7 Å². The zero-order valence-corrected chi connectivity index (χ0v) is 15.2. The van der Waals surface area contributed by atoms with E-state index in [2.05, 4.69) is 15.2 Å². The quantitative estimate of drug-likeness (QED) is 0.904. The first-order chi connectivity index (χ1) is 13.2. The number of piperidine rings is 1. The Labute approximate surface area is 157 Å². The number of pyridine rings is 1. The molecule has 7 nitrogen and oxygen atoms in total. The average molecular weight is 365 g/mol. The van der Waals surface area contributed by atoms with Gasteiger partial charge in [-0.25, -0.2) is 0 Å². The van der Waals surface area contributed by atoms with Gasteiger partial charge in [0.05, 0.1) is 5.69 Å². The molecule has 1 unspecified atom stereocenters. The Morgan fingerprint density at radius 2 is 1.96 bits per heavy atom. The van der Waals surface area contributed by atoms with Gasteiger partial charge < -0.3 is 9.80 Å². The van der Waals surface area contributed by atoms with Crippen LogP contribution in [-0.4, -0.2) is 61.5 Å². The van der Waals surface area contributed by atoms with Crippen molar-refractivity contribution in [1.82, 2.24) is 25.0 Å². The van der Waals surface area contributed by atoms with Crippen LogP contribution in [0.25, 0.3) is 11.4 Å². The summed E-state index contributed by atoms with van der Waals surface area (Å²) in [4.78, 5) is 34.7. The molecule has 0 bridgehead atoms. The molecule has 27 heavy (non-hydrogen) atoms. The van der Waals surface area contributed by atoms with Crippen molar-refractivity contribution in [3.05, 3.63) is 36.2 Å². The van der Waals surface area contributed by atoms with Crippen LogP contribution >= 0.6 is 0 Å². The standard InChI is InChI=1S/C20H23N5O2/c26-18(17-13-16(22-23-17)15-5-1-2-10-21-15)25-12-4-9-20(25)8-3-11-24(19(20)27)14-6-7-14/h1-2,5,10,13-14H,3-4,6-9,11-12H2,(H,22,23). The maximum absolute atomic E-state index is 13.3. The summed E-state index contributed by atoms with van der Waals surface area (Å²) in [6, 6.07) is 7.73. The highest BCUT2D eigenvalue weighted by atomic mass is 16.2. The smallest absolute Gasteiger partial charge is 0.272 e. The van der Waals surface area contributed by atoms with Crippen LogP contribution in [-0.2, 0) is 4.79 Å². The normalized spacial score (nSPS) is 25.4. The summed E-state index contributed by atoms with van der Waals surface area (Å²) >= 11 is 0. The second kappa shape index (κ2) is 6.18. The highest BCUT2D eigenvalue weighted by molar-refractivity contribution is 5.99. The van der Waals surface area contributed by atoms with Crippen molar-refractivity contribution in [2.75, 3.05) is 13.1 Å². The van der Waals surface area contributed by atoms with Crippen LogP contribution in [0.2, 0.25) is 0 Å². The van der Waals surface area contributed by atoms with Crippen LogP contribution < -0.4 is 0 Å². The first-order valence-corrected chi connectivity index (χ1v) is 9.79. The molecule has 2 aromatic heterocycles. The minimum absolute atomic E-state index is 0.131. The Morgan fingerprint density at radius 1 is 1.15 bits per heavy atom. The van der Waals surface area contributed by atoms with Gasteiger partial charge in [-0.05, 0) is 56.7 Å². The molecule has 2 aliphatic heterocycles. The summed E-state index contributed by atoms with van der Waals surface area (Å²) in [6.45, 7) is 1.46. The summed E-state index contributed by atoms with van der Waals surface area (Å²) in [5.41, 5.74) is 1.13. The third-order valence-electron chi connectivity index (χ3n) is 6.11. The van der Waals surface area contributed by atoms with E-state index in [0.717, 1.165) is 50.8 Å². The van der Waals surface area contributed by atoms with E-state index in [1.165, 1.54) is 0 Å². The van der Waals surface area contributed by atoms with E-state index in [1.54, 1.807) is 17.2 Å². The molecular weight excluding hydrogens is 342 g/mol. The third-order valence-corrected chi connectivity index (χ3v) is 6.11. The molecule has 1 atom stereocenters.